The highest BCUT2D eigenvalue weighted by atomic mass is 16.6. The molecule has 0 heterocycles. The second kappa shape index (κ2) is 5.58. The number of para-hydroxylation sites is 1. The van der Waals surface area contributed by atoms with Crippen LogP contribution in [0.5, 0.6) is 0 Å². The molecule has 0 bridgehead atoms. The summed E-state index contributed by atoms with van der Waals surface area (Å²) in [4.78, 5) is 10.3. The number of nitro groups is 1. The highest BCUT2D eigenvalue weighted by molar-refractivity contribution is 5.41. The molecule has 5 heteroatoms. The third kappa shape index (κ3) is 3.01. The fourth-order valence-electron chi connectivity index (χ4n) is 1.52. The number of rotatable bonds is 5. The van der Waals surface area contributed by atoms with E-state index in [9.17, 15) is 15.2 Å². The largest absolute Gasteiger partial charge is 0.388 e. The van der Waals surface area contributed by atoms with Gasteiger partial charge in [0.1, 0.15) is 0 Å². The van der Waals surface area contributed by atoms with Gasteiger partial charge in [-0.3, -0.25) is 10.1 Å². The molecule has 0 spiro atoms. The SMILES string of the molecule is CCC(N)CC(O)c1ccccc1[N+](=O)[O-]. The first-order chi connectivity index (χ1) is 7.56. The number of nitro benzene ring substituents is 1. The zero-order chi connectivity index (χ0) is 12.1. The van der Waals surface area contributed by atoms with Crippen molar-refractivity contribution >= 4 is 5.69 Å². The Labute approximate surface area is 94.0 Å². The van der Waals surface area contributed by atoms with E-state index >= 15 is 0 Å². The van der Waals surface area contributed by atoms with Gasteiger partial charge >= 0.3 is 0 Å². The number of hydrogen-bond acceptors (Lipinski definition) is 4. The third-order valence-corrected chi connectivity index (χ3v) is 2.54. The molecule has 0 amide bonds. The minimum absolute atomic E-state index is 0.0571. The summed E-state index contributed by atoms with van der Waals surface area (Å²) in [6, 6.07) is 6.05. The van der Waals surface area contributed by atoms with Crippen LogP contribution in [-0.2, 0) is 0 Å². The Kier molecular flexibility index (Phi) is 4.39. The predicted molar refractivity (Wildman–Crippen MR) is 60.9 cm³/mol. The van der Waals surface area contributed by atoms with E-state index < -0.39 is 11.0 Å². The second-order valence-corrected chi connectivity index (χ2v) is 3.74. The van der Waals surface area contributed by atoms with E-state index in [4.69, 9.17) is 5.73 Å². The minimum atomic E-state index is -0.878. The van der Waals surface area contributed by atoms with E-state index in [1.165, 1.54) is 6.07 Å². The topological polar surface area (TPSA) is 89.4 Å². The van der Waals surface area contributed by atoms with Crippen LogP contribution in [0, 0.1) is 10.1 Å². The molecule has 0 aromatic heterocycles. The highest BCUT2D eigenvalue weighted by Crippen LogP contribution is 2.27. The second-order valence-electron chi connectivity index (χ2n) is 3.74. The van der Waals surface area contributed by atoms with Gasteiger partial charge in [-0.05, 0) is 18.9 Å². The van der Waals surface area contributed by atoms with E-state index in [1.54, 1.807) is 18.2 Å². The number of hydrogen-bond donors (Lipinski definition) is 2. The van der Waals surface area contributed by atoms with Crippen molar-refractivity contribution in [3.63, 3.8) is 0 Å². The fraction of sp³-hybridized carbons (Fsp3) is 0.455. The van der Waals surface area contributed by atoms with Gasteiger partial charge in [-0.1, -0.05) is 19.1 Å². The molecule has 3 N–H and O–H groups in total. The maximum Gasteiger partial charge on any atom is 0.275 e. The van der Waals surface area contributed by atoms with Crippen molar-refractivity contribution in [2.24, 2.45) is 5.73 Å². The molecule has 2 atom stereocenters. The first-order valence-electron chi connectivity index (χ1n) is 5.23. The molecule has 0 aliphatic carbocycles. The van der Waals surface area contributed by atoms with Gasteiger partial charge in [0.2, 0.25) is 0 Å². The molecule has 1 aromatic rings. The lowest BCUT2D eigenvalue weighted by atomic mass is 10.00. The molecule has 5 nitrogen and oxygen atoms in total. The molecule has 1 rings (SSSR count). The monoisotopic (exact) mass is 224 g/mol. The van der Waals surface area contributed by atoms with Gasteiger partial charge in [-0.25, -0.2) is 0 Å². The Hall–Kier alpha value is -1.46. The molecule has 0 saturated heterocycles. The molecule has 0 fully saturated rings. The van der Waals surface area contributed by atoms with E-state index in [0.717, 1.165) is 6.42 Å². The lowest BCUT2D eigenvalue weighted by Gasteiger charge is -2.15. The molecular weight excluding hydrogens is 208 g/mol. The number of nitrogens with two attached hydrogens (primary N) is 1. The molecule has 0 aliphatic rings. The van der Waals surface area contributed by atoms with Crippen LogP contribution in [-0.4, -0.2) is 16.1 Å². The third-order valence-electron chi connectivity index (χ3n) is 2.54. The average Bonchev–Trinajstić information content (AvgIpc) is 2.28. The van der Waals surface area contributed by atoms with Crippen LogP contribution in [0.25, 0.3) is 0 Å². The summed E-state index contributed by atoms with van der Waals surface area (Å²) in [7, 11) is 0. The van der Waals surface area contributed by atoms with Crippen molar-refractivity contribution in [2.75, 3.05) is 0 Å². The Morgan fingerprint density at radius 2 is 2.12 bits per heavy atom. The minimum Gasteiger partial charge on any atom is -0.388 e. The van der Waals surface area contributed by atoms with E-state index in [0.29, 0.717) is 12.0 Å². The first kappa shape index (κ1) is 12.6. The Bertz CT molecular complexity index is 368. The molecular formula is C11H16N2O3. The summed E-state index contributed by atoms with van der Waals surface area (Å²) in [5.41, 5.74) is 5.98. The first-order valence-corrected chi connectivity index (χ1v) is 5.23. The van der Waals surface area contributed by atoms with E-state index in [-0.39, 0.29) is 11.7 Å². The summed E-state index contributed by atoms with van der Waals surface area (Å²) in [5, 5.41) is 20.6. The van der Waals surface area contributed by atoms with Crippen LogP contribution in [0.2, 0.25) is 0 Å². The number of aliphatic hydroxyl groups is 1. The van der Waals surface area contributed by atoms with Crippen molar-refractivity contribution < 1.29 is 10.0 Å². The van der Waals surface area contributed by atoms with Crippen molar-refractivity contribution in [2.45, 2.75) is 31.9 Å². The molecule has 1 aromatic carbocycles. The van der Waals surface area contributed by atoms with Crippen LogP contribution in [0.3, 0.4) is 0 Å². The Morgan fingerprint density at radius 1 is 1.50 bits per heavy atom. The fourth-order valence-corrected chi connectivity index (χ4v) is 1.52. The molecule has 0 saturated carbocycles. The Balaban J connectivity index is 2.90. The quantitative estimate of drug-likeness (QED) is 0.589. The zero-order valence-corrected chi connectivity index (χ0v) is 9.17. The van der Waals surface area contributed by atoms with Gasteiger partial charge in [0, 0.05) is 12.1 Å². The summed E-state index contributed by atoms with van der Waals surface area (Å²) >= 11 is 0. The standard InChI is InChI=1S/C11H16N2O3/c1-2-8(12)7-11(14)9-5-3-4-6-10(9)13(15)16/h3-6,8,11,14H,2,7,12H2,1H3. The van der Waals surface area contributed by atoms with Crippen molar-refractivity contribution in [3.8, 4) is 0 Å². The predicted octanol–water partition coefficient (Wildman–Crippen LogP) is 1.76. The van der Waals surface area contributed by atoms with Gasteiger partial charge < -0.3 is 10.8 Å². The zero-order valence-electron chi connectivity index (χ0n) is 9.17. The average molecular weight is 224 g/mol. The lowest BCUT2D eigenvalue weighted by Crippen LogP contribution is -2.22. The number of nitrogens with zero attached hydrogens (tertiary/aromatic N) is 1. The van der Waals surface area contributed by atoms with Crippen LogP contribution >= 0.6 is 0 Å². The number of benzene rings is 1. The molecule has 16 heavy (non-hydrogen) atoms. The highest BCUT2D eigenvalue weighted by Gasteiger charge is 2.20. The summed E-state index contributed by atoms with van der Waals surface area (Å²) in [6.45, 7) is 1.91. The van der Waals surface area contributed by atoms with Crippen LogP contribution < -0.4 is 5.73 Å². The van der Waals surface area contributed by atoms with Gasteiger partial charge in [0.25, 0.3) is 5.69 Å². The molecule has 0 aliphatic heterocycles. The van der Waals surface area contributed by atoms with Crippen LogP contribution in [0.15, 0.2) is 24.3 Å². The summed E-state index contributed by atoms with van der Waals surface area (Å²) in [5.74, 6) is 0. The Morgan fingerprint density at radius 3 is 2.69 bits per heavy atom. The van der Waals surface area contributed by atoms with E-state index in [2.05, 4.69) is 0 Å². The van der Waals surface area contributed by atoms with Crippen LogP contribution in [0.1, 0.15) is 31.4 Å². The van der Waals surface area contributed by atoms with Crippen molar-refractivity contribution in [1.29, 1.82) is 0 Å². The van der Waals surface area contributed by atoms with Crippen molar-refractivity contribution in [3.05, 3.63) is 39.9 Å². The van der Waals surface area contributed by atoms with Gasteiger partial charge in [0.05, 0.1) is 16.6 Å². The maximum absolute atomic E-state index is 10.7. The normalized spacial score (nSPS) is 14.4. The van der Waals surface area contributed by atoms with Crippen molar-refractivity contribution in [1.82, 2.24) is 0 Å². The lowest BCUT2D eigenvalue weighted by molar-refractivity contribution is -0.386. The van der Waals surface area contributed by atoms with Gasteiger partial charge in [-0.15, -0.1) is 0 Å². The molecule has 0 radical (unpaired) electrons. The van der Waals surface area contributed by atoms with E-state index in [1.807, 2.05) is 6.92 Å². The smallest absolute Gasteiger partial charge is 0.275 e. The summed E-state index contributed by atoms with van der Waals surface area (Å²) in [6.07, 6.45) is 0.190. The van der Waals surface area contributed by atoms with Crippen LogP contribution in [0.4, 0.5) is 5.69 Å². The van der Waals surface area contributed by atoms with Gasteiger partial charge in [-0.2, -0.15) is 0 Å². The molecule has 2 unspecified atom stereocenters. The van der Waals surface area contributed by atoms with Gasteiger partial charge in [0.15, 0.2) is 0 Å². The number of aliphatic hydroxyl groups excluding tert-OH is 1. The summed E-state index contributed by atoms with van der Waals surface area (Å²) < 4.78 is 0. The molecule has 88 valence electrons. The maximum atomic E-state index is 10.7.